The fourth-order valence-electron chi connectivity index (χ4n) is 3.73. The predicted octanol–water partition coefficient (Wildman–Crippen LogP) is 4.60. The van der Waals surface area contributed by atoms with Crippen LogP contribution in [0.4, 0.5) is 15.3 Å². The maximum absolute atomic E-state index is 12.3. The first kappa shape index (κ1) is 24.4. The molecule has 2 aromatic rings. The topological polar surface area (TPSA) is 71.1 Å². The number of hydrogen-bond donors (Lipinski definition) is 1. The SMILES string of the molecule is CN(C(=O)OC(C)(C)C)[C@@H]1CCN(c2ccc(CCNC(=O)OCc3ccccc3)cc2)C1. The van der Waals surface area contributed by atoms with Crippen LogP contribution < -0.4 is 10.2 Å². The van der Waals surface area contributed by atoms with Crippen molar-refractivity contribution < 1.29 is 19.1 Å². The summed E-state index contributed by atoms with van der Waals surface area (Å²) in [7, 11) is 1.81. The summed E-state index contributed by atoms with van der Waals surface area (Å²) in [6.07, 6.45) is 0.948. The van der Waals surface area contributed by atoms with Crippen molar-refractivity contribution in [1.82, 2.24) is 10.2 Å². The fraction of sp³-hybridized carbons (Fsp3) is 0.462. The molecule has 1 saturated heterocycles. The van der Waals surface area contributed by atoms with Gasteiger partial charge in [-0.3, -0.25) is 0 Å². The summed E-state index contributed by atoms with van der Waals surface area (Å²) in [6.45, 7) is 8.09. The molecule has 2 aromatic carbocycles. The Hall–Kier alpha value is -3.22. The molecule has 1 atom stereocenters. The molecule has 1 aliphatic heterocycles. The van der Waals surface area contributed by atoms with Gasteiger partial charge in [0, 0.05) is 32.4 Å². The van der Waals surface area contributed by atoms with Crippen molar-refractivity contribution in [2.24, 2.45) is 0 Å². The lowest BCUT2D eigenvalue weighted by Crippen LogP contribution is -2.42. The molecule has 0 saturated carbocycles. The second-order valence-corrected chi connectivity index (χ2v) is 9.38. The van der Waals surface area contributed by atoms with Crippen molar-refractivity contribution in [1.29, 1.82) is 0 Å². The van der Waals surface area contributed by atoms with Gasteiger partial charge in [0.25, 0.3) is 0 Å². The lowest BCUT2D eigenvalue weighted by Gasteiger charge is -2.28. The maximum atomic E-state index is 12.3. The number of carbonyl (C=O) groups excluding carboxylic acids is 2. The minimum absolute atomic E-state index is 0.130. The monoisotopic (exact) mass is 453 g/mol. The highest BCUT2D eigenvalue weighted by atomic mass is 16.6. The van der Waals surface area contributed by atoms with Crippen molar-refractivity contribution in [3.05, 3.63) is 65.7 Å². The number of nitrogens with one attached hydrogen (secondary N) is 1. The summed E-state index contributed by atoms with van der Waals surface area (Å²) in [4.78, 5) is 28.2. The van der Waals surface area contributed by atoms with Gasteiger partial charge in [0.1, 0.15) is 12.2 Å². The fourth-order valence-corrected chi connectivity index (χ4v) is 3.73. The van der Waals surface area contributed by atoms with Crippen LogP contribution in [0.25, 0.3) is 0 Å². The number of anilines is 1. The zero-order chi connectivity index (χ0) is 23.8. The van der Waals surface area contributed by atoms with Crippen molar-refractivity contribution >= 4 is 17.9 Å². The molecular formula is C26H35N3O4. The van der Waals surface area contributed by atoms with E-state index in [1.807, 2.05) is 58.2 Å². The summed E-state index contributed by atoms with van der Waals surface area (Å²) >= 11 is 0. The Kier molecular flexibility index (Phi) is 8.20. The molecule has 2 amide bonds. The zero-order valence-corrected chi connectivity index (χ0v) is 20.0. The van der Waals surface area contributed by atoms with Gasteiger partial charge in [-0.15, -0.1) is 0 Å². The maximum Gasteiger partial charge on any atom is 0.410 e. The first-order valence-electron chi connectivity index (χ1n) is 11.5. The Morgan fingerprint density at radius 3 is 2.42 bits per heavy atom. The van der Waals surface area contributed by atoms with E-state index in [9.17, 15) is 9.59 Å². The molecule has 1 heterocycles. The van der Waals surface area contributed by atoms with Crippen LogP contribution in [-0.4, -0.2) is 55.4 Å². The number of hydrogen-bond acceptors (Lipinski definition) is 5. The number of carbonyl (C=O) groups is 2. The normalized spacial score (nSPS) is 15.8. The molecule has 0 bridgehead atoms. The van der Waals surface area contributed by atoms with Gasteiger partial charge in [-0.25, -0.2) is 9.59 Å². The molecule has 178 valence electrons. The molecule has 1 fully saturated rings. The number of ether oxygens (including phenoxy) is 2. The number of rotatable bonds is 7. The summed E-state index contributed by atoms with van der Waals surface area (Å²) in [5.74, 6) is 0. The van der Waals surface area contributed by atoms with Crippen LogP contribution in [0.2, 0.25) is 0 Å². The van der Waals surface area contributed by atoms with E-state index in [0.29, 0.717) is 6.54 Å². The first-order chi connectivity index (χ1) is 15.7. The van der Waals surface area contributed by atoms with E-state index < -0.39 is 11.7 Å². The third-order valence-electron chi connectivity index (χ3n) is 5.59. The molecule has 3 rings (SSSR count). The zero-order valence-electron chi connectivity index (χ0n) is 20.0. The molecule has 0 unspecified atom stereocenters. The van der Waals surface area contributed by atoms with Gasteiger partial charge in [0.15, 0.2) is 0 Å². The van der Waals surface area contributed by atoms with E-state index in [1.165, 1.54) is 0 Å². The smallest absolute Gasteiger partial charge is 0.410 e. The molecule has 7 heteroatoms. The molecule has 1 N–H and O–H groups in total. The summed E-state index contributed by atoms with van der Waals surface area (Å²) in [5.41, 5.74) is 2.75. The van der Waals surface area contributed by atoms with Crippen molar-refractivity contribution in [2.45, 2.75) is 51.9 Å². The standard InChI is InChI=1S/C26H35N3O4/c1-26(2,3)33-25(31)28(4)23-15-17-29(18-23)22-12-10-20(11-13-22)14-16-27-24(30)32-19-21-8-6-5-7-9-21/h5-13,23H,14-19H2,1-4H3,(H,27,30)/t23-/m1/s1. The molecule has 7 nitrogen and oxygen atoms in total. The van der Waals surface area contributed by atoms with Crippen LogP contribution in [0, 0.1) is 0 Å². The average molecular weight is 454 g/mol. The number of amides is 2. The molecule has 1 aliphatic rings. The van der Waals surface area contributed by atoms with E-state index in [0.717, 1.165) is 42.7 Å². The summed E-state index contributed by atoms with van der Waals surface area (Å²) < 4.78 is 10.7. The Labute approximate surface area is 196 Å². The van der Waals surface area contributed by atoms with Crippen molar-refractivity contribution in [3.8, 4) is 0 Å². The predicted molar refractivity (Wildman–Crippen MR) is 129 cm³/mol. The second kappa shape index (κ2) is 11.1. The molecule has 0 aliphatic carbocycles. The Morgan fingerprint density at radius 1 is 1.06 bits per heavy atom. The molecular weight excluding hydrogens is 418 g/mol. The average Bonchev–Trinajstić information content (AvgIpc) is 3.27. The van der Waals surface area contributed by atoms with E-state index in [1.54, 1.807) is 4.90 Å². The Bertz CT molecular complexity index is 909. The molecule has 33 heavy (non-hydrogen) atoms. The third kappa shape index (κ3) is 7.70. The van der Waals surface area contributed by atoms with Crippen LogP contribution in [-0.2, 0) is 22.5 Å². The quantitative estimate of drug-likeness (QED) is 0.663. The van der Waals surface area contributed by atoms with Gasteiger partial charge >= 0.3 is 12.2 Å². The van der Waals surface area contributed by atoms with E-state index in [-0.39, 0.29) is 18.7 Å². The van der Waals surface area contributed by atoms with Crippen molar-refractivity contribution in [3.63, 3.8) is 0 Å². The molecule has 0 spiro atoms. The number of likely N-dealkylation sites (N-methyl/N-ethyl adjacent to an activating group) is 1. The summed E-state index contributed by atoms with van der Waals surface area (Å²) in [6, 6.07) is 18.1. The third-order valence-corrected chi connectivity index (χ3v) is 5.59. The van der Waals surface area contributed by atoms with Crippen LogP contribution in [0.15, 0.2) is 54.6 Å². The number of benzene rings is 2. The van der Waals surface area contributed by atoms with Gasteiger partial charge in [0.05, 0.1) is 6.04 Å². The van der Waals surface area contributed by atoms with Crippen LogP contribution >= 0.6 is 0 Å². The minimum atomic E-state index is -0.493. The highest BCUT2D eigenvalue weighted by Crippen LogP contribution is 2.24. The number of alkyl carbamates (subject to hydrolysis) is 1. The van der Waals surface area contributed by atoms with E-state index >= 15 is 0 Å². The van der Waals surface area contributed by atoms with E-state index in [4.69, 9.17) is 9.47 Å². The Balaban J connectivity index is 1.40. The van der Waals surface area contributed by atoms with Gasteiger partial charge in [-0.2, -0.15) is 0 Å². The van der Waals surface area contributed by atoms with Gasteiger partial charge in [0.2, 0.25) is 0 Å². The minimum Gasteiger partial charge on any atom is -0.445 e. The van der Waals surface area contributed by atoms with Gasteiger partial charge in [-0.05, 0) is 56.9 Å². The van der Waals surface area contributed by atoms with Gasteiger partial charge < -0.3 is 24.6 Å². The van der Waals surface area contributed by atoms with Gasteiger partial charge in [-0.1, -0.05) is 42.5 Å². The highest BCUT2D eigenvalue weighted by Gasteiger charge is 2.31. The highest BCUT2D eigenvalue weighted by molar-refractivity contribution is 5.68. The summed E-state index contributed by atoms with van der Waals surface area (Å²) in [5, 5.41) is 2.80. The molecule has 0 aromatic heterocycles. The lowest BCUT2D eigenvalue weighted by atomic mass is 10.1. The largest absolute Gasteiger partial charge is 0.445 e. The first-order valence-corrected chi connectivity index (χ1v) is 11.5. The lowest BCUT2D eigenvalue weighted by molar-refractivity contribution is 0.0238. The Morgan fingerprint density at radius 2 is 1.76 bits per heavy atom. The number of nitrogens with zero attached hydrogens (tertiary/aromatic N) is 2. The molecule has 0 radical (unpaired) electrons. The van der Waals surface area contributed by atoms with Crippen molar-refractivity contribution in [2.75, 3.05) is 31.6 Å². The second-order valence-electron chi connectivity index (χ2n) is 9.38. The van der Waals surface area contributed by atoms with Crippen LogP contribution in [0.1, 0.15) is 38.3 Å². The van der Waals surface area contributed by atoms with Crippen LogP contribution in [0.3, 0.4) is 0 Å². The van der Waals surface area contributed by atoms with E-state index in [2.05, 4.69) is 34.5 Å². The van der Waals surface area contributed by atoms with Crippen LogP contribution in [0.5, 0.6) is 0 Å².